The molecule has 26 heavy (non-hydrogen) atoms. The summed E-state index contributed by atoms with van der Waals surface area (Å²) in [6, 6.07) is 2.28. The maximum absolute atomic E-state index is 8.63. The van der Waals surface area contributed by atoms with E-state index in [1.165, 1.54) is 0 Å². The fourth-order valence-electron chi connectivity index (χ4n) is 1.25. The number of rotatable bonds is 3. The molecule has 0 amide bonds. The van der Waals surface area contributed by atoms with Crippen molar-refractivity contribution >= 4 is 11.9 Å². The minimum atomic E-state index is 0. The molecule has 0 aliphatic heterocycles. The third-order valence-corrected chi connectivity index (χ3v) is 2.92. The van der Waals surface area contributed by atoms with Gasteiger partial charge in [-0.2, -0.15) is 5.10 Å². The molecular weight excluding hydrogens is 332 g/mol. The van der Waals surface area contributed by atoms with Crippen molar-refractivity contribution < 1.29 is 5.11 Å². The number of nitrogens with one attached hydrogen (secondary N) is 3. The summed E-state index contributed by atoms with van der Waals surface area (Å²) in [5.74, 6) is 1.44. The van der Waals surface area contributed by atoms with Crippen molar-refractivity contribution in [3.63, 3.8) is 0 Å². The topological polar surface area (TPSA) is 125 Å². The van der Waals surface area contributed by atoms with Crippen LogP contribution in [0, 0.1) is 0 Å². The molecule has 0 bridgehead atoms. The van der Waals surface area contributed by atoms with E-state index in [2.05, 4.69) is 38.0 Å². The van der Waals surface area contributed by atoms with Gasteiger partial charge in [-0.3, -0.25) is 9.98 Å². The van der Waals surface area contributed by atoms with Crippen molar-refractivity contribution in [3.8, 4) is 0 Å². The van der Waals surface area contributed by atoms with Crippen LogP contribution in [0.15, 0.2) is 28.4 Å². The lowest BCUT2D eigenvalue weighted by Gasteiger charge is -2.12. The molecule has 0 saturated heterocycles. The lowest BCUT2D eigenvalue weighted by Crippen LogP contribution is -2.41. The van der Waals surface area contributed by atoms with Crippen molar-refractivity contribution in [3.05, 3.63) is 18.5 Å². The Morgan fingerprint density at radius 2 is 1.81 bits per heavy atom. The van der Waals surface area contributed by atoms with Gasteiger partial charge in [0.05, 0.1) is 6.61 Å². The number of aliphatic hydroxyl groups excluding tert-OH is 1. The molecule has 1 heterocycles. The van der Waals surface area contributed by atoms with E-state index in [0.29, 0.717) is 12.0 Å². The molecule has 2 atom stereocenters. The highest BCUT2D eigenvalue weighted by atomic mass is 16.3. The summed E-state index contributed by atoms with van der Waals surface area (Å²) in [6.07, 6.45) is 4.63. The molecule has 0 unspecified atom stereocenters. The van der Waals surface area contributed by atoms with Gasteiger partial charge in [-0.25, -0.2) is 4.68 Å². The van der Waals surface area contributed by atoms with Crippen molar-refractivity contribution in [2.45, 2.75) is 46.7 Å². The van der Waals surface area contributed by atoms with Gasteiger partial charge in [0.2, 0.25) is 5.96 Å². The lowest BCUT2D eigenvalue weighted by molar-refractivity contribution is 0.263. The molecule has 0 aliphatic carbocycles. The van der Waals surface area contributed by atoms with Gasteiger partial charge < -0.3 is 26.8 Å². The van der Waals surface area contributed by atoms with E-state index in [1.54, 1.807) is 32.0 Å². The van der Waals surface area contributed by atoms with Crippen molar-refractivity contribution in [2.75, 3.05) is 34.8 Å². The van der Waals surface area contributed by atoms with Crippen LogP contribution < -0.4 is 21.7 Å². The zero-order chi connectivity index (χ0) is 19.7. The molecule has 0 fully saturated rings. The number of guanidine groups is 1. The van der Waals surface area contributed by atoms with E-state index in [0.717, 1.165) is 12.4 Å². The van der Waals surface area contributed by atoms with Crippen LogP contribution in [0.25, 0.3) is 0 Å². The quantitative estimate of drug-likeness (QED) is 0.388. The van der Waals surface area contributed by atoms with Gasteiger partial charge in [-0.15, -0.1) is 0 Å². The number of aliphatic hydroxyl groups is 1. The molecule has 1 rings (SSSR count). The van der Waals surface area contributed by atoms with Crippen LogP contribution >= 0.6 is 0 Å². The minimum Gasteiger partial charge on any atom is -0.394 e. The molecule has 0 radical (unpaired) electrons. The monoisotopic (exact) mass is 372 g/mol. The molecule has 1 aromatic rings. The van der Waals surface area contributed by atoms with Gasteiger partial charge in [-0.05, 0) is 26.3 Å². The Hall–Kier alpha value is -2.13. The highest BCUT2D eigenvalue weighted by Crippen LogP contribution is 1.82. The molecule has 1 aromatic heterocycles. The number of nitrogens with two attached hydrogens (primary N) is 1. The Morgan fingerprint density at radius 1 is 1.23 bits per heavy atom. The van der Waals surface area contributed by atoms with E-state index in [1.807, 2.05) is 33.2 Å². The number of nitrogens with zero attached hydrogens (tertiary/aromatic N) is 4. The summed E-state index contributed by atoms with van der Waals surface area (Å²) in [5, 5.41) is 21.3. The van der Waals surface area contributed by atoms with E-state index in [4.69, 9.17) is 10.8 Å². The first kappa shape index (κ1) is 28.7. The smallest absolute Gasteiger partial charge is 0.218 e. The second-order valence-corrected chi connectivity index (χ2v) is 5.18. The predicted molar refractivity (Wildman–Crippen MR) is 113 cm³/mol. The molecule has 0 aliphatic rings. The summed E-state index contributed by atoms with van der Waals surface area (Å²) in [4.78, 5) is 7.83. The predicted octanol–water partition coefficient (Wildman–Crippen LogP) is 0.478. The van der Waals surface area contributed by atoms with Crippen LogP contribution in [-0.4, -0.2) is 73.7 Å². The van der Waals surface area contributed by atoms with Crippen LogP contribution in [0.1, 0.15) is 34.6 Å². The zero-order valence-electron chi connectivity index (χ0n) is 16.6. The molecule has 9 nitrogen and oxygen atoms in total. The average molecular weight is 373 g/mol. The molecule has 6 N–H and O–H groups in total. The van der Waals surface area contributed by atoms with Gasteiger partial charge in [-0.1, -0.05) is 14.4 Å². The SMILES string of the molecule is C.CC[C@@H](C)N.CN=C(NC)N[C@H](C)CO.CN=C(NC)n1cccn1. The van der Waals surface area contributed by atoms with Crippen LogP contribution in [0.3, 0.4) is 0 Å². The van der Waals surface area contributed by atoms with Gasteiger partial charge in [0.25, 0.3) is 0 Å². The van der Waals surface area contributed by atoms with E-state index < -0.39 is 0 Å². The third kappa shape index (κ3) is 15.4. The summed E-state index contributed by atoms with van der Waals surface area (Å²) in [5.41, 5.74) is 5.29. The molecular formula is C17H40N8O. The van der Waals surface area contributed by atoms with Crippen molar-refractivity contribution in [1.82, 2.24) is 25.7 Å². The standard InChI is InChI=1S/C6H10N4.C6H15N3O.C4H11N.CH4/c1-7-6(8-2)10-5-3-4-9-10;1-5(4-10)9-6(7-2)8-3;1-3-4(2)5;/h3-5H,1-2H3,(H,7,8);5,10H,4H2,1-3H3,(H2,7,8,9);4H,3,5H2,1-2H3;1H4/t;5-;4-;/m.11./s1. The van der Waals surface area contributed by atoms with Gasteiger partial charge in [0.15, 0.2) is 5.96 Å². The molecule has 0 spiro atoms. The van der Waals surface area contributed by atoms with E-state index in [-0.39, 0.29) is 20.1 Å². The number of hydrogen-bond acceptors (Lipinski definition) is 5. The fourth-order valence-corrected chi connectivity index (χ4v) is 1.25. The van der Waals surface area contributed by atoms with Gasteiger partial charge in [0.1, 0.15) is 0 Å². The zero-order valence-corrected chi connectivity index (χ0v) is 16.6. The summed E-state index contributed by atoms with van der Waals surface area (Å²) < 4.78 is 1.67. The molecule has 154 valence electrons. The van der Waals surface area contributed by atoms with Crippen LogP contribution in [-0.2, 0) is 0 Å². The molecule has 0 aromatic carbocycles. The summed E-state index contributed by atoms with van der Waals surface area (Å²) in [7, 11) is 6.99. The average Bonchev–Trinajstić information content (AvgIpc) is 3.16. The Kier molecular flexibility index (Phi) is 21.2. The molecule has 9 heteroatoms. The van der Waals surface area contributed by atoms with E-state index in [9.17, 15) is 0 Å². The maximum Gasteiger partial charge on any atom is 0.218 e. The third-order valence-electron chi connectivity index (χ3n) is 2.92. The normalized spacial score (nSPS) is 13.0. The first-order valence-electron chi connectivity index (χ1n) is 8.31. The summed E-state index contributed by atoms with van der Waals surface area (Å²) in [6.45, 7) is 6.06. The molecule has 0 saturated carbocycles. The van der Waals surface area contributed by atoms with E-state index >= 15 is 0 Å². The first-order valence-corrected chi connectivity index (χ1v) is 8.31. The minimum absolute atomic E-state index is 0. The second kappa shape index (κ2) is 19.2. The maximum atomic E-state index is 8.63. The first-order chi connectivity index (χ1) is 11.9. The Labute approximate surface area is 159 Å². The van der Waals surface area contributed by atoms with Crippen molar-refractivity contribution in [2.24, 2.45) is 15.7 Å². The van der Waals surface area contributed by atoms with Gasteiger partial charge in [0, 0.05) is 52.7 Å². The van der Waals surface area contributed by atoms with Gasteiger partial charge >= 0.3 is 0 Å². The Morgan fingerprint density at radius 3 is 2.08 bits per heavy atom. The number of hydrogen-bond donors (Lipinski definition) is 5. The largest absolute Gasteiger partial charge is 0.394 e. The second-order valence-electron chi connectivity index (χ2n) is 5.18. The fraction of sp³-hybridized carbons (Fsp3) is 0.706. The lowest BCUT2D eigenvalue weighted by atomic mass is 10.3. The van der Waals surface area contributed by atoms with Crippen molar-refractivity contribution in [1.29, 1.82) is 0 Å². The van der Waals surface area contributed by atoms with Crippen LogP contribution in [0.4, 0.5) is 0 Å². The summed E-state index contributed by atoms with van der Waals surface area (Å²) >= 11 is 0. The highest BCUT2D eigenvalue weighted by molar-refractivity contribution is 5.80. The van der Waals surface area contributed by atoms with Crippen LogP contribution in [0.2, 0.25) is 0 Å². The Bertz CT molecular complexity index is 457. The highest BCUT2D eigenvalue weighted by Gasteiger charge is 1.99. The number of aliphatic imine (C=N–C) groups is 2. The number of aromatic nitrogens is 2. The van der Waals surface area contributed by atoms with Crippen LogP contribution in [0.5, 0.6) is 0 Å². The Balaban J connectivity index is -0.000000317.